The van der Waals surface area contributed by atoms with Crippen LogP contribution in [0.4, 0.5) is 0 Å². The van der Waals surface area contributed by atoms with Gasteiger partial charge in [0, 0.05) is 32.3 Å². The maximum atomic E-state index is 12.0. The largest absolute Gasteiger partial charge is 0.356 e. The Bertz CT molecular complexity index is 444. The van der Waals surface area contributed by atoms with Gasteiger partial charge < -0.3 is 15.2 Å². The molecule has 1 aromatic heterocycles. The monoisotopic (exact) mass is 255 g/mol. The van der Waals surface area contributed by atoms with E-state index >= 15 is 0 Å². The van der Waals surface area contributed by atoms with Gasteiger partial charge in [0.2, 0.25) is 5.91 Å². The lowest BCUT2D eigenvalue weighted by atomic mass is 10.2. The smallest absolute Gasteiger partial charge is 0.270 e. The summed E-state index contributed by atoms with van der Waals surface area (Å²) in [6.45, 7) is 2.69. The second-order valence-electron chi connectivity index (χ2n) is 4.17. The minimum atomic E-state index is -0.0789. The predicted octanol–water partition coefficient (Wildman–Crippen LogP) is 1.02. The Hall–Kier alpha value is -1.49. The average Bonchev–Trinajstić information content (AvgIpc) is 2.85. The second kappa shape index (κ2) is 4.79. The number of hydrogen-bond acceptors (Lipinski definition) is 2. The molecule has 1 aromatic rings. The van der Waals surface area contributed by atoms with E-state index in [0.29, 0.717) is 23.8 Å². The fourth-order valence-electron chi connectivity index (χ4n) is 2.01. The summed E-state index contributed by atoms with van der Waals surface area (Å²) in [5.41, 5.74) is 0.485. The van der Waals surface area contributed by atoms with Gasteiger partial charge in [0.15, 0.2) is 0 Å². The minimum Gasteiger partial charge on any atom is -0.356 e. The Labute approximate surface area is 104 Å². The zero-order chi connectivity index (χ0) is 12.4. The van der Waals surface area contributed by atoms with Crippen molar-refractivity contribution in [3.05, 3.63) is 23.0 Å². The maximum Gasteiger partial charge on any atom is 0.270 e. The third kappa shape index (κ3) is 2.79. The van der Waals surface area contributed by atoms with E-state index < -0.39 is 0 Å². The first kappa shape index (κ1) is 12.0. The number of halogens is 1. The number of aromatic nitrogens is 1. The molecule has 2 rings (SSSR count). The molecule has 2 N–H and O–H groups in total. The van der Waals surface area contributed by atoms with Gasteiger partial charge in [-0.3, -0.25) is 9.59 Å². The van der Waals surface area contributed by atoms with E-state index in [4.69, 9.17) is 11.6 Å². The van der Waals surface area contributed by atoms with Gasteiger partial charge in [-0.15, -0.1) is 0 Å². The molecule has 1 aliphatic rings. The highest BCUT2D eigenvalue weighted by Gasteiger charge is 2.27. The normalized spacial score (nSPS) is 19.4. The minimum absolute atomic E-state index is 0.0573. The Morgan fingerprint density at radius 3 is 2.94 bits per heavy atom. The first-order valence-corrected chi connectivity index (χ1v) is 5.84. The predicted molar refractivity (Wildman–Crippen MR) is 63.9 cm³/mol. The summed E-state index contributed by atoms with van der Waals surface area (Å²) in [6.07, 6.45) is 2.37. The number of carbonyl (C=O) groups is 2. The van der Waals surface area contributed by atoms with Crippen LogP contribution in [0.15, 0.2) is 12.3 Å². The fourth-order valence-corrected chi connectivity index (χ4v) is 2.18. The molecule has 1 aliphatic heterocycles. The number of hydrogen-bond donors (Lipinski definition) is 2. The molecule has 2 heterocycles. The first-order chi connectivity index (χ1) is 8.06. The van der Waals surface area contributed by atoms with Gasteiger partial charge in [0.25, 0.3) is 5.91 Å². The number of nitrogens with zero attached hydrogens (tertiary/aromatic N) is 1. The molecule has 0 bridgehead atoms. The summed E-state index contributed by atoms with van der Waals surface area (Å²) in [6, 6.07) is 1.66. The molecule has 0 radical (unpaired) electrons. The third-order valence-corrected chi connectivity index (χ3v) is 2.98. The van der Waals surface area contributed by atoms with Crippen molar-refractivity contribution >= 4 is 23.4 Å². The zero-order valence-electron chi connectivity index (χ0n) is 9.50. The van der Waals surface area contributed by atoms with Crippen LogP contribution in [0.3, 0.4) is 0 Å². The fraction of sp³-hybridized carbons (Fsp3) is 0.455. The van der Waals surface area contributed by atoms with Gasteiger partial charge in [0.1, 0.15) is 5.69 Å². The topological polar surface area (TPSA) is 65.2 Å². The lowest BCUT2D eigenvalue weighted by molar-refractivity contribution is -0.119. The van der Waals surface area contributed by atoms with Crippen LogP contribution in [0.25, 0.3) is 0 Å². The van der Waals surface area contributed by atoms with Crippen LogP contribution in [0.1, 0.15) is 23.8 Å². The Morgan fingerprint density at radius 1 is 1.59 bits per heavy atom. The maximum absolute atomic E-state index is 12.0. The molecule has 0 aliphatic carbocycles. The van der Waals surface area contributed by atoms with Crippen LogP contribution in [-0.4, -0.2) is 40.8 Å². The number of amides is 2. The van der Waals surface area contributed by atoms with Gasteiger partial charge >= 0.3 is 0 Å². The summed E-state index contributed by atoms with van der Waals surface area (Å²) in [4.78, 5) is 27.5. The molecular formula is C11H14ClN3O2. The molecule has 6 heteroatoms. The van der Waals surface area contributed by atoms with Crippen LogP contribution >= 0.6 is 11.6 Å². The van der Waals surface area contributed by atoms with Gasteiger partial charge in [-0.25, -0.2) is 0 Å². The van der Waals surface area contributed by atoms with E-state index in [0.717, 1.165) is 6.42 Å². The molecule has 0 aromatic carbocycles. The summed E-state index contributed by atoms with van der Waals surface area (Å²) in [7, 11) is 0. The van der Waals surface area contributed by atoms with Crippen LogP contribution in [0.2, 0.25) is 5.02 Å². The molecule has 0 saturated carbocycles. The average molecular weight is 256 g/mol. The number of rotatable bonds is 2. The Kier molecular flexibility index (Phi) is 3.38. The van der Waals surface area contributed by atoms with Crippen molar-refractivity contribution in [2.24, 2.45) is 0 Å². The number of likely N-dealkylation sites (tertiary alicyclic amines) is 1. The highest BCUT2D eigenvalue weighted by Crippen LogP contribution is 2.15. The number of carbonyl (C=O) groups excluding carboxylic acids is 2. The van der Waals surface area contributed by atoms with Crippen molar-refractivity contribution < 1.29 is 9.59 Å². The van der Waals surface area contributed by atoms with Crippen molar-refractivity contribution in [1.82, 2.24) is 15.2 Å². The molecule has 1 saturated heterocycles. The van der Waals surface area contributed by atoms with E-state index in [2.05, 4.69) is 10.3 Å². The van der Waals surface area contributed by atoms with E-state index in [1.807, 2.05) is 0 Å². The standard InChI is InChI=1S/C11H14ClN3O2/c1-7(16)14-9-2-3-15(6-9)11(17)10-4-8(12)5-13-10/h4-5,9,13H,2-3,6H2,1H3,(H,14,16). The van der Waals surface area contributed by atoms with Gasteiger partial charge in [-0.2, -0.15) is 0 Å². The lowest BCUT2D eigenvalue weighted by Gasteiger charge is -2.15. The SMILES string of the molecule is CC(=O)NC1CCN(C(=O)c2cc(Cl)c[nH]2)C1. The van der Waals surface area contributed by atoms with Crippen molar-refractivity contribution in [2.45, 2.75) is 19.4 Å². The summed E-state index contributed by atoms with van der Waals surface area (Å²) in [5, 5.41) is 3.33. The Morgan fingerprint density at radius 2 is 2.35 bits per heavy atom. The lowest BCUT2D eigenvalue weighted by Crippen LogP contribution is -2.37. The molecule has 1 atom stereocenters. The van der Waals surface area contributed by atoms with Crippen molar-refractivity contribution in [3.8, 4) is 0 Å². The van der Waals surface area contributed by atoms with Crippen molar-refractivity contribution in [3.63, 3.8) is 0 Å². The van der Waals surface area contributed by atoms with Gasteiger partial charge in [0.05, 0.1) is 5.02 Å². The number of nitrogens with one attached hydrogen (secondary N) is 2. The molecular weight excluding hydrogens is 242 g/mol. The second-order valence-corrected chi connectivity index (χ2v) is 4.61. The van der Waals surface area contributed by atoms with Crippen LogP contribution < -0.4 is 5.32 Å². The van der Waals surface area contributed by atoms with E-state index in [9.17, 15) is 9.59 Å². The summed E-state index contributed by atoms with van der Waals surface area (Å²) in [5.74, 6) is -0.142. The molecule has 0 spiro atoms. The molecule has 5 nitrogen and oxygen atoms in total. The molecule has 17 heavy (non-hydrogen) atoms. The quantitative estimate of drug-likeness (QED) is 0.829. The van der Waals surface area contributed by atoms with Crippen LogP contribution in [0.5, 0.6) is 0 Å². The van der Waals surface area contributed by atoms with Crippen LogP contribution in [0, 0.1) is 0 Å². The molecule has 1 fully saturated rings. The van der Waals surface area contributed by atoms with E-state index in [1.54, 1.807) is 17.2 Å². The van der Waals surface area contributed by atoms with Gasteiger partial charge in [-0.05, 0) is 12.5 Å². The highest BCUT2D eigenvalue weighted by atomic mass is 35.5. The van der Waals surface area contributed by atoms with Crippen molar-refractivity contribution in [2.75, 3.05) is 13.1 Å². The summed E-state index contributed by atoms with van der Waals surface area (Å²) < 4.78 is 0. The van der Waals surface area contributed by atoms with E-state index in [-0.39, 0.29) is 17.9 Å². The Balaban J connectivity index is 1.96. The highest BCUT2D eigenvalue weighted by molar-refractivity contribution is 6.30. The molecule has 2 amide bonds. The number of aromatic amines is 1. The summed E-state index contributed by atoms with van der Waals surface area (Å²) >= 11 is 5.75. The zero-order valence-corrected chi connectivity index (χ0v) is 10.3. The van der Waals surface area contributed by atoms with Gasteiger partial charge in [-0.1, -0.05) is 11.6 Å². The van der Waals surface area contributed by atoms with Crippen molar-refractivity contribution in [1.29, 1.82) is 0 Å². The third-order valence-electron chi connectivity index (χ3n) is 2.76. The van der Waals surface area contributed by atoms with Crippen LogP contribution in [-0.2, 0) is 4.79 Å². The molecule has 92 valence electrons. The number of H-pyrrole nitrogens is 1. The van der Waals surface area contributed by atoms with E-state index in [1.165, 1.54) is 6.92 Å². The first-order valence-electron chi connectivity index (χ1n) is 5.46. The molecule has 1 unspecified atom stereocenters.